The molecule has 1 N–H and O–H groups in total. The van der Waals surface area contributed by atoms with Crippen LogP contribution in [0.3, 0.4) is 0 Å². The molecule has 0 saturated carbocycles. The summed E-state index contributed by atoms with van der Waals surface area (Å²) in [6.07, 6.45) is 6.02. The molecule has 1 atom stereocenters. The van der Waals surface area contributed by atoms with Gasteiger partial charge in [0.2, 0.25) is 0 Å². The van der Waals surface area contributed by atoms with Gasteiger partial charge in [0.15, 0.2) is 0 Å². The monoisotopic (exact) mass is 222 g/mol. The molecule has 0 unspecified atom stereocenters. The van der Waals surface area contributed by atoms with Crippen LogP contribution >= 0.6 is 15.9 Å². The molecule has 0 bridgehead atoms. The van der Waals surface area contributed by atoms with E-state index >= 15 is 0 Å². The first-order valence-corrected chi connectivity index (χ1v) is 5.60. The van der Waals surface area contributed by atoms with Crippen molar-refractivity contribution in [3.8, 4) is 0 Å². The predicted octanol–water partition coefficient (Wildman–Crippen LogP) is 2.96. The molecule has 0 fully saturated rings. The number of rotatable bonds is 7. The smallest absolute Gasteiger partial charge is 0.0431 e. The fourth-order valence-corrected chi connectivity index (χ4v) is 1.50. The SMILES string of the molecule is C[C@H](CCCBr)CCCCO. The summed E-state index contributed by atoms with van der Waals surface area (Å²) in [4.78, 5) is 0. The van der Waals surface area contributed by atoms with Gasteiger partial charge in [-0.25, -0.2) is 0 Å². The normalized spacial score (nSPS) is 13.4. The Hall–Kier alpha value is 0.440. The second-order valence-corrected chi connectivity index (χ2v) is 3.95. The molecule has 0 rings (SSSR count). The van der Waals surface area contributed by atoms with Crippen LogP contribution < -0.4 is 0 Å². The second-order valence-electron chi connectivity index (χ2n) is 3.16. The fourth-order valence-electron chi connectivity index (χ4n) is 1.17. The van der Waals surface area contributed by atoms with E-state index < -0.39 is 0 Å². The van der Waals surface area contributed by atoms with E-state index in [-0.39, 0.29) is 0 Å². The van der Waals surface area contributed by atoms with Crippen molar-refractivity contribution < 1.29 is 5.11 Å². The lowest BCUT2D eigenvalue weighted by Gasteiger charge is -2.08. The van der Waals surface area contributed by atoms with E-state index in [0.29, 0.717) is 6.61 Å². The van der Waals surface area contributed by atoms with Crippen LogP contribution in [0.5, 0.6) is 0 Å². The predicted molar refractivity (Wildman–Crippen MR) is 53.1 cm³/mol. The first-order chi connectivity index (χ1) is 5.31. The maximum atomic E-state index is 8.55. The molecule has 1 nitrogen and oxygen atoms in total. The first-order valence-electron chi connectivity index (χ1n) is 4.48. The Morgan fingerprint density at radius 2 is 1.82 bits per heavy atom. The van der Waals surface area contributed by atoms with E-state index in [1.54, 1.807) is 0 Å². The Kier molecular flexibility index (Phi) is 8.88. The molecule has 0 aromatic heterocycles. The minimum absolute atomic E-state index is 0.352. The third-order valence-electron chi connectivity index (χ3n) is 1.94. The zero-order chi connectivity index (χ0) is 8.53. The molecule has 11 heavy (non-hydrogen) atoms. The molecular weight excluding hydrogens is 204 g/mol. The minimum atomic E-state index is 0.352. The largest absolute Gasteiger partial charge is 0.396 e. The molecule has 0 amide bonds. The number of halogens is 1. The van der Waals surface area contributed by atoms with Crippen LogP contribution in [0, 0.1) is 5.92 Å². The highest BCUT2D eigenvalue weighted by atomic mass is 79.9. The van der Waals surface area contributed by atoms with Crippen LogP contribution in [-0.4, -0.2) is 17.0 Å². The summed E-state index contributed by atoms with van der Waals surface area (Å²) < 4.78 is 0. The molecular formula is C9H19BrO. The van der Waals surface area contributed by atoms with Gasteiger partial charge in [0.25, 0.3) is 0 Å². The van der Waals surface area contributed by atoms with Gasteiger partial charge in [-0.1, -0.05) is 35.7 Å². The van der Waals surface area contributed by atoms with Crippen LogP contribution in [0.1, 0.15) is 39.0 Å². The van der Waals surface area contributed by atoms with Crippen LogP contribution in [0.4, 0.5) is 0 Å². The van der Waals surface area contributed by atoms with Gasteiger partial charge in [0.1, 0.15) is 0 Å². The van der Waals surface area contributed by atoms with Gasteiger partial charge in [0, 0.05) is 11.9 Å². The Labute approximate surface area is 78.3 Å². The summed E-state index contributed by atoms with van der Waals surface area (Å²) in [6.45, 7) is 2.64. The molecule has 0 spiro atoms. The fraction of sp³-hybridized carbons (Fsp3) is 1.00. The van der Waals surface area contributed by atoms with Crippen molar-refractivity contribution in [1.29, 1.82) is 0 Å². The second kappa shape index (κ2) is 8.54. The molecule has 0 aromatic rings. The van der Waals surface area contributed by atoms with Crippen molar-refractivity contribution in [1.82, 2.24) is 0 Å². The molecule has 68 valence electrons. The summed E-state index contributed by atoms with van der Waals surface area (Å²) in [5.41, 5.74) is 0. The van der Waals surface area contributed by atoms with E-state index in [2.05, 4.69) is 22.9 Å². The third-order valence-corrected chi connectivity index (χ3v) is 2.50. The molecule has 0 aliphatic rings. The van der Waals surface area contributed by atoms with Crippen LogP contribution in [0.15, 0.2) is 0 Å². The highest BCUT2D eigenvalue weighted by Gasteiger charge is 2.00. The number of hydrogen-bond donors (Lipinski definition) is 1. The van der Waals surface area contributed by atoms with E-state index in [1.165, 1.54) is 25.7 Å². The van der Waals surface area contributed by atoms with Crippen molar-refractivity contribution in [2.45, 2.75) is 39.0 Å². The highest BCUT2D eigenvalue weighted by molar-refractivity contribution is 9.09. The Morgan fingerprint density at radius 1 is 1.18 bits per heavy atom. The van der Waals surface area contributed by atoms with E-state index in [9.17, 15) is 0 Å². The maximum absolute atomic E-state index is 8.55. The van der Waals surface area contributed by atoms with Crippen molar-refractivity contribution in [2.24, 2.45) is 5.92 Å². The van der Waals surface area contributed by atoms with E-state index in [4.69, 9.17) is 5.11 Å². The Morgan fingerprint density at radius 3 is 2.36 bits per heavy atom. The molecule has 0 aliphatic carbocycles. The molecule has 0 saturated heterocycles. The van der Waals surface area contributed by atoms with Gasteiger partial charge >= 0.3 is 0 Å². The van der Waals surface area contributed by atoms with Crippen LogP contribution in [0.2, 0.25) is 0 Å². The molecule has 0 aromatic carbocycles. The lowest BCUT2D eigenvalue weighted by molar-refractivity contribution is 0.278. The summed E-state index contributed by atoms with van der Waals surface area (Å²) >= 11 is 3.42. The van der Waals surface area contributed by atoms with Gasteiger partial charge in [-0.3, -0.25) is 0 Å². The standard InChI is InChI=1S/C9H19BrO/c1-9(6-4-7-10)5-2-3-8-11/h9,11H,2-8H2,1H3/t9-/m0/s1. The first kappa shape index (κ1) is 11.4. The Balaban J connectivity index is 3.02. The van der Waals surface area contributed by atoms with Crippen LogP contribution in [-0.2, 0) is 0 Å². The van der Waals surface area contributed by atoms with Crippen LogP contribution in [0.25, 0.3) is 0 Å². The quantitative estimate of drug-likeness (QED) is 0.519. The van der Waals surface area contributed by atoms with Gasteiger partial charge in [0.05, 0.1) is 0 Å². The molecule has 0 heterocycles. The van der Waals surface area contributed by atoms with Gasteiger partial charge < -0.3 is 5.11 Å². The summed E-state index contributed by atoms with van der Waals surface area (Å²) in [6, 6.07) is 0. The Bertz CT molecular complexity index is 76.0. The zero-order valence-electron chi connectivity index (χ0n) is 7.35. The molecule has 0 radical (unpaired) electrons. The number of aliphatic hydroxyl groups is 1. The number of hydrogen-bond acceptors (Lipinski definition) is 1. The topological polar surface area (TPSA) is 20.2 Å². The van der Waals surface area contributed by atoms with Gasteiger partial charge in [-0.05, 0) is 25.2 Å². The van der Waals surface area contributed by atoms with E-state index in [1.807, 2.05) is 0 Å². The average Bonchev–Trinajstić information content (AvgIpc) is 2.01. The number of aliphatic hydroxyl groups excluding tert-OH is 1. The summed E-state index contributed by atoms with van der Waals surface area (Å²) in [5, 5.41) is 9.67. The van der Waals surface area contributed by atoms with Gasteiger partial charge in [-0.15, -0.1) is 0 Å². The lowest BCUT2D eigenvalue weighted by atomic mass is 9.99. The molecule has 0 aliphatic heterocycles. The summed E-state index contributed by atoms with van der Waals surface area (Å²) in [7, 11) is 0. The average molecular weight is 223 g/mol. The summed E-state index contributed by atoms with van der Waals surface area (Å²) in [5.74, 6) is 0.832. The molecule has 2 heteroatoms. The van der Waals surface area contributed by atoms with Crippen molar-refractivity contribution in [3.05, 3.63) is 0 Å². The van der Waals surface area contributed by atoms with Crippen molar-refractivity contribution >= 4 is 15.9 Å². The zero-order valence-corrected chi connectivity index (χ0v) is 8.94. The third kappa shape index (κ3) is 8.35. The van der Waals surface area contributed by atoms with Crippen molar-refractivity contribution in [3.63, 3.8) is 0 Å². The van der Waals surface area contributed by atoms with Crippen molar-refractivity contribution in [2.75, 3.05) is 11.9 Å². The lowest BCUT2D eigenvalue weighted by Crippen LogP contribution is -1.96. The van der Waals surface area contributed by atoms with Gasteiger partial charge in [-0.2, -0.15) is 0 Å². The minimum Gasteiger partial charge on any atom is -0.396 e. The van der Waals surface area contributed by atoms with E-state index in [0.717, 1.165) is 17.7 Å². The maximum Gasteiger partial charge on any atom is 0.0431 e. The number of unbranched alkanes of at least 4 members (excludes halogenated alkanes) is 1. The highest BCUT2D eigenvalue weighted by Crippen LogP contribution is 2.14. The number of alkyl halides is 1.